The fourth-order valence-corrected chi connectivity index (χ4v) is 2.68. The van der Waals surface area contributed by atoms with Gasteiger partial charge in [-0.3, -0.25) is 9.78 Å². The third kappa shape index (κ3) is 2.86. The summed E-state index contributed by atoms with van der Waals surface area (Å²) in [5, 5.41) is 1.20. The van der Waals surface area contributed by atoms with Crippen LogP contribution in [-0.2, 0) is 24.9 Å². The van der Waals surface area contributed by atoms with Crippen LogP contribution in [0.2, 0.25) is 0 Å². The molecule has 0 radical (unpaired) electrons. The summed E-state index contributed by atoms with van der Waals surface area (Å²) in [5.41, 5.74) is 3.35. The minimum absolute atomic E-state index is 0.0640. The predicted molar refractivity (Wildman–Crippen MR) is 87.1 cm³/mol. The molecular formula is C18H19N3O. The van der Waals surface area contributed by atoms with Crippen molar-refractivity contribution in [1.29, 1.82) is 0 Å². The summed E-state index contributed by atoms with van der Waals surface area (Å²) in [7, 11) is 2.04. The Morgan fingerprint density at radius 3 is 2.68 bits per heavy atom. The van der Waals surface area contributed by atoms with E-state index in [2.05, 4.69) is 27.8 Å². The lowest BCUT2D eigenvalue weighted by molar-refractivity contribution is -0.130. The summed E-state index contributed by atoms with van der Waals surface area (Å²) in [6.07, 6.45) is 3.54. The highest BCUT2D eigenvalue weighted by molar-refractivity contribution is 5.81. The van der Waals surface area contributed by atoms with Crippen LogP contribution < -0.4 is 0 Å². The maximum Gasteiger partial charge on any atom is 0.220 e. The molecule has 4 nitrogen and oxygen atoms in total. The number of rotatable bonds is 4. The number of aryl methyl sites for hydroxylation is 1. The molecule has 0 N–H and O–H groups in total. The summed E-state index contributed by atoms with van der Waals surface area (Å²) in [6.45, 7) is 2.78. The molecule has 1 aromatic carbocycles. The lowest BCUT2D eigenvalue weighted by Gasteiger charge is -2.21. The van der Waals surface area contributed by atoms with Crippen molar-refractivity contribution in [3.05, 3.63) is 66.1 Å². The zero-order chi connectivity index (χ0) is 15.5. The number of fused-ring (bicyclic) bond motifs is 1. The number of carbonyl (C=O) groups excluding carboxylic acids is 1. The molecule has 2 aromatic heterocycles. The third-order valence-corrected chi connectivity index (χ3v) is 3.95. The monoisotopic (exact) mass is 293 g/mol. The fourth-order valence-electron chi connectivity index (χ4n) is 2.68. The van der Waals surface area contributed by atoms with Crippen LogP contribution in [0.5, 0.6) is 0 Å². The molecule has 3 aromatic rings. The number of hydrogen-bond acceptors (Lipinski definition) is 2. The van der Waals surface area contributed by atoms with Gasteiger partial charge in [0, 0.05) is 44.1 Å². The molecule has 0 saturated heterocycles. The van der Waals surface area contributed by atoms with Gasteiger partial charge in [0.05, 0.1) is 6.54 Å². The lowest BCUT2D eigenvalue weighted by atomic mass is 10.2. The Bertz CT molecular complexity index is 792. The van der Waals surface area contributed by atoms with Gasteiger partial charge in [-0.25, -0.2) is 0 Å². The third-order valence-electron chi connectivity index (χ3n) is 3.95. The molecule has 22 heavy (non-hydrogen) atoms. The van der Waals surface area contributed by atoms with Crippen molar-refractivity contribution in [2.75, 3.05) is 0 Å². The maximum atomic E-state index is 12.0. The second-order valence-corrected chi connectivity index (χ2v) is 5.49. The first-order valence-electron chi connectivity index (χ1n) is 7.33. The SMILES string of the molecule is CC(=O)N(Cc1cccnc1)Cc1cc2ccccc2n1C. The van der Waals surface area contributed by atoms with Crippen molar-refractivity contribution in [3.8, 4) is 0 Å². The Morgan fingerprint density at radius 1 is 1.18 bits per heavy atom. The van der Waals surface area contributed by atoms with Crippen LogP contribution in [0.15, 0.2) is 54.9 Å². The van der Waals surface area contributed by atoms with E-state index in [-0.39, 0.29) is 5.91 Å². The summed E-state index contributed by atoms with van der Waals surface area (Å²) < 4.78 is 2.15. The number of amides is 1. The highest BCUT2D eigenvalue weighted by Crippen LogP contribution is 2.20. The first-order valence-corrected chi connectivity index (χ1v) is 7.33. The number of hydrogen-bond donors (Lipinski definition) is 0. The topological polar surface area (TPSA) is 38.1 Å². The van der Waals surface area contributed by atoms with E-state index in [1.54, 1.807) is 19.3 Å². The Hall–Kier alpha value is -2.62. The number of para-hydroxylation sites is 1. The van der Waals surface area contributed by atoms with Crippen LogP contribution >= 0.6 is 0 Å². The van der Waals surface area contributed by atoms with E-state index < -0.39 is 0 Å². The molecule has 0 atom stereocenters. The molecule has 1 amide bonds. The van der Waals surface area contributed by atoms with Gasteiger partial charge >= 0.3 is 0 Å². The summed E-state index contributed by atoms with van der Waals surface area (Å²) in [4.78, 5) is 17.9. The summed E-state index contributed by atoms with van der Waals surface area (Å²) >= 11 is 0. The van der Waals surface area contributed by atoms with E-state index in [0.717, 1.165) is 11.3 Å². The molecule has 0 spiro atoms. The van der Waals surface area contributed by atoms with Crippen LogP contribution in [-0.4, -0.2) is 20.4 Å². The first kappa shape index (κ1) is 14.3. The highest BCUT2D eigenvalue weighted by Gasteiger charge is 2.13. The number of pyridine rings is 1. The van der Waals surface area contributed by atoms with Gasteiger partial charge in [-0.05, 0) is 29.1 Å². The molecule has 112 valence electrons. The van der Waals surface area contributed by atoms with E-state index >= 15 is 0 Å². The van der Waals surface area contributed by atoms with Gasteiger partial charge in [-0.2, -0.15) is 0 Å². The number of nitrogens with zero attached hydrogens (tertiary/aromatic N) is 3. The largest absolute Gasteiger partial charge is 0.346 e. The van der Waals surface area contributed by atoms with Crippen LogP contribution in [0.25, 0.3) is 10.9 Å². The van der Waals surface area contributed by atoms with Gasteiger partial charge in [0.25, 0.3) is 0 Å². The summed E-state index contributed by atoms with van der Waals surface area (Å²) in [6, 6.07) is 14.3. The van der Waals surface area contributed by atoms with Crippen LogP contribution in [0, 0.1) is 0 Å². The molecule has 3 rings (SSSR count). The quantitative estimate of drug-likeness (QED) is 0.741. The lowest BCUT2D eigenvalue weighted by Crippen LogP contribution is -2.28. The van der Waals surface area contributed by atoms with E-state index in [0.29, 0.717) is 13.1 Å². The Kier molecular flexibility index (Phi) is 3.92. The minimum atomic E-state index is 0.0640. The van der Waals surface area contributed by atoms with Crippen LogP contribution in [0.3, 0.4) is 0 Å². The zero-order valence-electron chi connectivity index (χ0n) is 12.9. The number of carbonyl (C=O) groups is 1. The molecule has 0 unspecified atom stereocenters. The Labute approximate surface area is 130 Å². The highest BCUT2D eigenvalue weighted by atomic mass is 16.2. The van der Waals surface area contributed by atoms with Crippen molar-refractivity contribution in [3.63, 3.8) is 0 Å². The van der Waals surface area contributed by atoms with E-state index in [9.17, 15) is 4.79 Å². The molecule has 0 bridgehead atoms. The predicted octanol–water partition coefficient (Wildman–Crippen LogP) is 3.12. The Morgan fingerprint density at radius 2 is 2.00 bits per heavy atom. The van der Waals surface area contributed by atoms with Crippen molar-refractivity contribution in [1.82, 2.24) is 14.5 Å². The van der Waals surface area contributed by atoms with Crippen LogP contribution in [0.1, 0.15) is 18.2 Å². The molecular weight excluding hydrogens is 274 g/mol. The molecule has 0 aliphatic carbocycles. The van der Waals surface area contributed by atoms with E-state index in [1.165, 1.54) is 10.9 Å². The van der Waals surface area contributed by atoms with Gasteiger partial charge in [-0.1, -0.05) is 24.3 Å². The number of aromatic nitrogens is 2. The van der Waals surface area contributed by atoms with E-state index in [1.807, 2.05) is 36.2 Å². The Balaban J connectivity index is 1.86. The smallest absolute Gasteiger partial charge is 0.220 e. The second-order valence-electron chi connectivity index (χ2n) is 5.49. The van der Waals surface area contributed by atoms with Gasteiger partial charge < -0.3 is 9.47 Å². The molecule has 0 aliphatic rings. The number of benzene rings is 1. The van der Waals surface area contributed by atoms with Crippen molar-refractivity contribution in [2.24, 2.45) is 7.05 Å². The van der Waals surface area contributed by atoms with Gasteiger partial charge in [0.2, 0.25) is 5.91 Å². The fraction of sp³-hybridized carbons (Fsp3) is 0.222. The zero-order valence-corrected chi connectivity index (χ0v) is 12.9. The first-order chi connectivity index (χ1) is 10.6. The van der Waals surface area contributed by atoms with Crippen molar-refractivity contribution in [2.45, 2.75) is 20.0 Å². The minimum Gasteiger partial charge on any atom is -0.346 e. The second kappa shape index (κ2) is 6.02. The molecule has 2 heterocycles. The summed E-state index contributed by atoms with van der Waals surface area (Å²) in [5.74, 6) is 0.0640. The standard InChI is InChI=1S/C18H19N3O/c1-14(22)21(12-15-6-5-9-19-11-15)13-17-10-16-7-3-4-8-18(16)20(17)2/h3-11H,12-13H2,1-2H3. The maximum absolute atomic E-state index is 12.0. The van der Waals surface area contributed by atoms with Crippen molar-refractivity contribution >= 4 is 16.8 Å². The average molecular weight is 293 g/mol. The van der Waals surface area contributed by atoms with Crippen molar-refractivity contribution < 1.29 is 4.79 Å². The average Bonchev–Trinajstić information content (AvgIpc) is 2.84. The van der Waals surface area contributed by atoms with Gasteiger partial charge in [-0.15, -0.1) is 0 Å². The molecule has 4 heteroatoms. The normalized spacial score (nSPS) is 10.8. The van der Waals surface area contributed by atoms with Gasteiger partial charge in [0.1, 0.15) is 0 Å². The molecule has 0 saturated carbocycles. The molecule has 0 fully saturated rings. The molecule has 0 aliphatic heterocycles. The van der Waals surface area contributed by atoms with Crippen LogP contribution in [0.4, 0.5) is 0 Å². The van der Waals surface area contributed by atoms with Gasteiger partial charge in [0.15, 0.2) is 0 Å². The van der Waals surface area contributed by atoms with E-state index in [4.69, 9.17) is 0 Å².